The van der Waals surface area contributed by atoms with Crippen molar-refractivity contribution in [3.63, 3.8) is 0 Å². The second-order valence-corrected chi connectivity index (χ2v) is 7.76. The number of likely N-dealkylation sites (N-methyl/N-ethyl adjacent to an activating group) is 1. The number of aryl methyl sites for hydroxylation is 2. The van der Waals surface area contributed by atoms with Gasteiger partial charge in [-0.3, -0.25) is 14.8 Å². The van der Waals surface area contributed by atoms with Crippen molar-refractivity contribution < 1.29 is 9.53 Å². The minimum absolute atomic E-state index is 0.0286. The van der Waals surface area contributed by atoms with E-state index in [0.29, 0.717) is 18.7 Å². The van der Waals surface area contributed by atoms with Gasteiger partial charge in [0, 0.05) is 18.1 Å². The lowest BCUT2D eigenvalue weighted by atomic mass is 9.54. The molecule has 1 heterocycles. The number of H-pyrrole nitrogens is 1. The molecule has 140 valence electrons. The number of nitrogens with one attached hydrogen (secondary N) is 2. The number of aromatic amines is 1. The van der Waals surface area contributed by atoms with Gasteiger partial charge < -0.3 is 10.1 Å². The van der Waals surface area contributed by atoms with Crippen LogP contribution in [0.5, 0.6) is 0 Å². The second-order valence-electron chi connectivity index (χ2n) is 7.76. The van der Waals surface area contributed by atoms with Crippen molar-refractivity contribution in [1.82, 2.24) is 15.1 Å². The molecule has 3 rings (SSSR count). The Morgan fingerprint density at radius 2 is 2.08 bits per heavy atom. The number of nitrogens with zero attached hydrogens (tertiary/aromatic N) is 2. The molecule has 2 N–H and O–H groups in total. The summed E-state index contributed by atoms with van der Waals surface area (Å²) in [4.78, 5) is 14.8. The Hall–Kier alpha value is -1.40. The lowest BCUT2D eigenvalue weighted by Gasteiger charge is -2.60. The van der Waals surface area contributed by atoms with E-state index in [-0.39, 0.29) is 11.3 Å². The Bertz CT molecular complexity index is 587. The van der Waals surface area contributed by atoms with Crippen LogP contribution < -0.4 is 5.32 Å². The predicted molar refractivity (Wildman–Crippen MR) is 98.7 cm³/mol. The SMILES string of the molecule is CCO[C@@H]1C[C@H](N(C)CC(=O)Nc2c(C)n[nH]c2C)C12CCCCC2. The molecule has 0 aliphatic heterocycles. The van der Waals surface area contributed by atoms with Crippen molar-refractivity contribution in [3.8, 4) is 0 Å². The van der Waals surface area contributed by atoms with E-state index >= 15 is 0 Å². The second kappa shape index (κ2) is 7.46. The van der Waals surface area contributed by atoms with E-state index < -0.39 is 0 Å². The third-order valence-corrected chi connectivity index (χ3v) is 6.21. The molecule has 6 nitrogen and oxygen atoms in total. The van der Waals surface area contributed by atoms with Crippen molar-refractivity contribution in [1.29, 1.82) is 0 Å². The number of amides is 1. The highest BCUT2D eigenvalue weighted by atomic mass is 16.5. The van der Waals surface area contributed by atoms with E-state index in [1.54, 1.807) is 0 Å². The summed E-state index contributed by atoms with van der Waals surface area (Å²) in [7, 11) is 2.08. The average Bonchev–Trinajstić information content (AvgIpc) is 2.90. The summed E-state index contributed by atoms with van der Waals surface area (Å²) in [5.74, 6) is 0.0286. The van der Waals surface area contributed by atoms with Crippen LogP contribution in [0.4, 0.5) is 5.69 Å². The largest absolute Gasteiger partial charge is 0.378 e. The van der Waals surface area contributed by atoms with Crippen LogP contribution >= 0.6 is 0 Å². The number of rotatable bonds is 6. The molecule has 2 aliphatic rings. The number of carbonyl (C=O) groups is 1. The monoisotopic (exact) mass is 348 g/mol. The fourth-order valence-electron chi connectivity index (χ4n) is 4.90. The number of anilines is 1. The van der Waals surface area contributed by atoms with Crippen molar-refractivity contribution >= 4 is 11.6 Å². The van der Waals surface area contributed by atoms with Crippen LogP contribution in [-0.2, 0) is 9.53 Å². The van der Waals surface area contributed by atoms with Crippen LogP contribution in [0.1, 0.15) is 56.8 Å². The first-order chi connectivity index (χ1) is 12.0. The molecule has 2 atom stereocenters. The number of hydrogen-bond donors (Lipinski definition) is 2. The van der Waals surface area contributed by atoms with E-state index in [4.69, 9.17) is 4.74 Å². The topological polar surface area (TPSA) is 70.2 Å². The molecule has 0 bridgehead atoms. The highest BCUT2D eigenvalue weighted by Crippen LogP contribution is 2.55. The number of hydrogen-bond acceptors (Lipinski definition) is 4. The maximum Gasteiger partial charge on any atom is 0.238 e. The van der Waals surface area contributed by atoms with E-state index in [2.05, 4.69) is 34.4 Å². The van der Waals surface area contributed by atoms with Gasteiger partial charge in [-0.15, -0.1) is 0 Å². The molecule has 2 fully saturated rings. The lowest BCUT2D eigenvalue weighted by Crippen LogP contribution is -2.65. The Morgan fingerprint density at radius 1 is 1.36 bits per heavy atom. The third-order valence-electron chi connectivity index (χ3n) is 6.21. The van der Waals surface area contributed by atoms with Gasteiger partial charge in [0.1, 0.15) is 0 Å². The minimum atomic E-state index is 0.0286. The van der Waals surface area contributed by atoms with Crippen LogP contribution in [-0.4, -0.2) is 53.3 Å². The summed E-state index contributed by atoms with van der Waals surface area (Å²) < 4.78 is 6.03. The number of aromatic nitrogens is 2. The van der Waals surface area contributed by atoms with E-state index in [9.17, 15) is 4.79 Å². The molecular formula is C19H32N4O2. The normalized spacial score (nSPS) is 25.2. The molecular weight excluding hydrogens is 316 g/mol. The number of ether oxygens (including phenoxy) is 1. The summed E-state index contributed by atoms with van der Waals surface area (Å²) in [5, 5.41) is 10.1. The molecule has 2 aliphatic carbocycles. The maximum atomic E-state index is 12.5. The van der Waals surface area contributed by atoms with Gasteiger partial charge in [0.2, 0.25) is 5.91 Å². The van der Waals surface area contributed by atoms with Crippen LogP contribution in [0, 0.1) is 19.3 Å². The molecule has 1 aromatic heterocycles. The van der Waals surface area contributed by atoms with Crippen LogP contribution in [0.3, 0.4) is 0 Å². The highest BCUT2D eigenvalue weighted by molar-refractivity contribution is 5.93. The van der Waals surface area contributed by atoms with Crippen molar-refractivity contribution in [2.24, 2.45) is 5.41 Å². The number of carbonyl (C=O) groups excluding carboxylic acids is 1. The fourth-order valence-corrected chi connectivity index (χ4v) is 4.90. The van der Waals surface area contributed by atoms with Crippen molar-refractivity contribution in [2.45, 2.75) is 71.4 Å². The summed E-state index contributed by atoms with van der Waals surface area (Å²) in [6.07, 6.45) is 7.77. The Labute approximate surface area is 150 Å². The van der Waals surface area contributed by atoms with Gasteiger partial charge in [0.25, 0.3) is 0 Å². The fraction of sp³-hybridized carbons (Fsp3) is 0.789. The van der Waals surface area contributed by atoms with Crippen molar-refractivity contribution in [3.05, 3.63) is 11.4 Å². The standard InChI is InChI=1S/C19H32N4O2/c1-5-25-16-11-15(19(16)9-7-6-8-10-19)23(4)12-17(24)20-18-13(2)21-22-14(18)3/h15-16H,5-12H2,1-4H3,(H,20,24)(H,21,22)/t15-,16+/m0/s1. The minimum Gasteiger partial charge on any atom is -0.378 e. The first-order valence-corrected chi connectivity index (χ1v) is 9.61. The van der Waals surface area contributed by atoms with Gasteiger partial charge in [0.15, 0.2) is 0 Å². The summed E-state index contributed by atoms with van der Waals surface area (Å²) in [5.41, 5.74) is 2.80. The molecule has 1 spiro atoms. The quantitative estimate of drug-likeness (QED) is 0.829. The Balaban J connectivity index is 1.62. The summed E-state index contributed by atoms with van der Waals surface area (Å²) >= 11 is 0. The molecule has 2 saturated carbocycles. The molecule has 0 aromatic carbocycles. The maximum absolute atomic E-state index is 12.5. The van der Waals surface area contributed by atoms with Gasteiger partial charge in [-0.1, -0.05) is 19.3 Å². The molecule has 6 heteroatoms. The van der Waals surface area contributed by atoms with Crippen LogP contribution in [0.25, 0.3) is 0 Å². The Morgan fingerprint density at radius 3 is 2.68 bits per heavy atom. The van der Waals surface area contributed by atoms with Gasteiger partial charge in [0.05, 0.1) is 29.7 Å². The third kappa shape index (κ3) is 3.47. The average molecular weight is 348 g/mol. The predicted octanol–water partition coefficient (Wildman–Crippen LogP) is 3.02. The zero-order chi connectivity index (χ0) is 18.0. The van der Waals surface area contributed by atoms with Gasteiger partial charge in [-0.25, -0.2) is 0 Å². The lowest BCUT2D eigenvalue weighted by molar-refractivity contribution is -0.179. The molecule has 1 aromatic rings. The zero-order valence-corrected chi connectivity index (χ0v) is 16.0. The van der Waals surface area contributed by atoms with E-state index in [1.165, 1.54) is 32.1 Å². The highest BCUT2D eigenvalue weighted by Gasteiger charge is 2.56. The van der Waals surface area contributed by atoms with Crippen molar-refractivity contribution in [2.75, 3.05) is 25.5 Å². The molecule has 0 saturated heterocycles. The van der Waals surface area contributed by atoms with E-state index in [1.807, 2.05) is 13.8 Å². The Kier molecular flexibility index (Phi) is 5.49. The van der Waals surface area contributed by atoms with Gasteiger partial charge >= 0.3 is 0 Å². The zero-order valence-electron chi connectivity index (χ0n) is 16.0. The van der Waals surface area contributed by atoms with Gasteiger partial charge in [-0.2, -0.15) is 5.10 Å². The van der Waals surface area contributed by atoms with Crippen LogP contribution in [0.15, 0.2) is 0 Å². The molecule has 1 amide bonds. The summed E-state index contributed by atoms with van der Waals surface area (Å²) in [6.45, 7) is 7.10. The first-order valence-electron chi connectivity index (χ1n) is 9.61. The first kappa shape index (κ1) is 18.4. The van der Waals surface area contributed by atoms with Crippen LogP contribution in [0.2, 0.25) is 0 Å². The molecule has 25 heavy (non-hydrogen) atoms. The van der Waals surface area contributed by atoms with Gasteiger partial charge in [-0.05, 0) is 47.1 Å². The smallest absolute Gasteiger partial charge is 0.238 e. The summed E-state index contributed by atoms with van der Waals surface area (Å²) in [6, 6.07) is 0.446. The molecule has 0 radical (unpaired) electrons. The molecule has 0 unspecified atom stereocenters. The van der Waals surface area contributed by atoms with E-state index in [0.717, 1.165) is 30.1 Å².